The summed E-state index contributed by atoms with van der Waals surface area (Å²) < 4.78 is 29.1. The van der Waals surface area contributed by atoms with Gasteiger partial charge in [-0.15, -0.1) is 0 Å². The van der Waals surface area contributed by atoms with Crippen LogP contribution in [0.4, 0.5) is 13.6 Å². The van der Waals surface area contributed by atoms with Crippen molar-refractivity contribution in [3.8, 4) is 11.1 Å². The maximum absolute atomic E-state index is 13.9. The molecule has 0 saturated carbocycles. The van der Waals surface area contributed by atoms with E-state index in [4.69, 9.17) is 5.11 Å². The Hall–Kier alpha value is -2.81. The number of carboxylic acid groups (broad SMARTS) is 1. The molecule has 0 spiro atoms. The fourth-order valence-corrected chi connectivity index (χ4v) is 4.11. The number of carbonyl (C=O) groups is 1. The molecule has 3 rings (SSSR count). The molecule has 1 fully saturated rings. The number of piperazine rings is 1. The van der Waals surface area contributed by atoms with Crippen molar-refractivity contribution >= 4 is 6.09 Å². The Balaban J connectivity index is 1.86. The van der Waals surface area contributed by atoms with Gasteiger partial charge in [0.05, 0.1) is 0 Å². The van der Waals surface area contributed by atoms with Crippen molar-refractivity contribution < 1.29 is 18.7 Å². The number of hydrogen-bond donors (Lipinski definition) is 1. The zero-order valence-corrected chi connectivity index (χ0v) is 18.2. The maximum atomic E-state index is 13.9. The van der Waals surface area contributed by atoms with E-state index in [1.165, 1.54) is 9.47 Å². The predicted octanol–water partition coefficient (Wildman–Crippen LogP) is 3.31. The summed E-state index contributed by atoms with van der Waals surface area (Å²) in [5, 5.41) is 9.12. The van der Waals surface area contributed by atoms with Crippen molar-refractivity contribution in [3.63, 3.8) is 0 Å². The van der Waals surface area contributed by atoms with Gasteiger partial charge in [0.2, 0.25) is 0 Å². The topological polar surface area (TPSA) is 78.7 Å². The highest BCUT2D eigenvalue weighted by Crippen LogP contribution is 2.31. The fourth-order valence-electron chi connectivity index (χ4n) is 4.11. The van der Waals surface area contributed by atoms with Gasteiger partial charge >= 0.3 is 6.09 Å². The van der Waals surface area contributed by atoms with Crippen molar-refractivity contribution in [1.29, 1.82) is 0 Å². The van der Waals surface area contributed by atoms with E-state index in [1.807, 2.05) is 13.8 Å². The molecule has 9 heteroatoms. The molecule has 0 radical (unpaired) electrons. The van der Waals surface area contributed by atoms with E-state index in [1.54, 1.807) is 38.4 Å². The summed E-state index contributed by atoms with van der Waals surface area (Å²) in [6, 6.07) is 5.00. The van der Waals surface area contributed by atoms with Crippen molar-refractivity contribution in [1.82, 2.24) is 19.4 Å². The molecule has 2 aromatic rings. The second kappa shape index (κ2) is 8.74. The number of alkyl halides is 2. The van der Waals surface area contributed by atoms with Gasteiger partial charge in [-0.25, -0.2) is 13.6 Å². The summed E-state index contributed by atoms with van der Waals surface area (Å²) in [5.41, 5.74) is 1.02. The lowest BCUT2D eigenvalue weighted by Crippen LogP contribution is -2.56. The quantitative estimate of drug-likeness (QED) is 0.781. The number of aryl methyl sites for hydroxylation is 2. The molecular formula is C22H28F2N4O3. The Kier molecular flexibility index (Phi) is 6.45. The van der Waals surface area contributed by atoms with Gasteiger partial charge in [-0.3, -0.25) is 14.7 Å². The summed E-state index contributed by atoms with van der Waals surface area (Å²) in [7, 11) is 1.59. The van der Waals surface area contributed by atoms with E-state index in [0.29, 0.717) is 55.0 Å². The van der Waals surface area contributed by atoms with Gasteiger partial charge in [-0.05, 0) is 32.9 Å². The average molecular weight is 434 g/mol. The minimum absolute atomic E-state index is 0.170. The van der Waals surface area contributed by atoms with E-state index >= 15 is 0 Å². The third-order valence-corrected chi connectivity index (χ3v) is 5.88. The lowest BCUT2D eigenvalue weighted by Gasteiger charge is -2.43. The first kappa shape index (κ1) is 22.9. The number of pyridine rings is 2. The summed E-state index contributed by atoms with van der Waals surface area (Å²) in [6.07, 6.45) is -1.68. The molecule has 1 N–H and O–H groups in total. The summed E-state index contributed by atoms with van der Waals surface area (Å²) in [6.45, 7) is 7.67. The van der Waals surface area contributed by atoms with Gasteiger partial charge in [0.15, 0.2) is 0 Å². The zero-order valence-electron chi connectivity index (χ0n) is 18.2. The molecule has 0 aliphatic carbocycles. The number of amides is 1. The lowest BCUT2D eigenvalue weighted by molar-refractivity contribution is 0.0509. The second-order valence-electron chi connectivity index (χ2n) is 8.61. The number of rotatable bonds is 5. The third kappa shape index (κ3) is 4.92. The van der Waals surface area contributed by atoms with Crippen LogP contribution in [0.15, 0.2) is 29.2 Å². The molecular weight excluding hydrogens is 406 g/mol. The first-order valence-corrected chi connectivity index (χ1v) is 10.2. The van der Waals surface area contributed by atoms with Crippen LogP contribution in [-0.2, 0) is 13.5 Å². The van der Waals surface area contributed by atoms with Crippen LogP contribution in [-0.4, -0.2) is 62.3 Å². The van der Waals surface area contributed by atoms with Crippen LogP contribution in [0.1, 0.15) is 37.2 Å². The van der Waals surface area contributed by atoms with Gasteiger partial charge in [-0.2, -0.15) is 0 Å². The minimum Gasteiger partial charge on any atom is -0.465 e. The van der Waals surface area contributed by atoms with E-state index in [0.717, 1.165) is 0 Å². The van der Waals surface area contributed by atoms with Gasteiger partial charge in [0, 0.05) is 73.8 Å². The van der Waals surface area contributed by atoms with Gasteiger partial charge in [-0.1, -0.05) is 6.07 Å². The maximum Gasteiger partial charge on any atom is 0.407 e. The SMILES string of the molecule is Cc1cc(-c2ccc(CC(C)(C)N3CCN(C(=O)O)CC3)nc2C(F)F)cn(C)c1=O. The largest absolute Gasteiger partial charge is 0.465 e. The highest BCUT2D eigenvalue weighted by Gasteiger charge is 2.32. The van der Waals surface area contributed by atoms with Crippen LogP contribution in [0.2, 0.25) is 0 Å². The first-order chi connectivity index (χ1) is 14.5. The van der Waals surface area contributed by atoms with Crippen LogP contribution < -0.4 is 5.56 Å². The number of nitrogens with zero attached hydrogens (tertiary/aromatic N) is 4. The van der Waals surface area contributed by atoms with E-state index in [-0.39, 0.29) is 16.8 Å². The normalized spacial score (nSPS) is 15.5. The van der Waals surface area contributed by atoms with E-state index in [9.17, 15) is 18.4 Å². The van der Waals surface area contributed by atoms with Gasteiger partial charge in [0.1, 0.15) is 5.69 Å². The van der Waals surface area contributed by atoms with Crippen LogP contribution in [0.3, 0.4) is 0 Å². The Morgan fingerprint density at radius 2 is 1.87 bits per heavy atom. The van der Waals surface area contributed by atoms with Gasteiger partial charge in [0.25, 0.3) is 12.0 Å². The monoisotopic (exact) mass is 434 g/mol. The molecule has 0 unspecified atom stereocenters. The Labute approximate surface area is 179 Å². The Morgan fingerprint density at radius 1 is 1.23 bits per heavy atom. The smallest absolute Gasteiger partial charge is 0.407 e. The van der Waals surface area contributed by atoms with Gasteiger partial charge < -0.3 is 14.6 Å². The molecule has 0 aromatic carbocycles. The van der Waals surface area contributed by atoms with Crippen molar-refractivity contribution in [2.45, 2.75) is 39.2 Å². The van der Waals surface area contributed by atoms with Crippen LogP contribution >= 0.6 is 0 Å². The Morgan fingerprint density at radius 3 is 2.42 bits per heavy atom. The van der Waals surface area contributed by atoms with Crippen molar-refractivity contribution in [2.75, 3.05) is 26.2 Å². The Bertz CT molecular complexity index is 1000. The highest BCUT2D eigenvalue weighted by molar-refractivity contribution is 5.66. The van der Waals surface area contributed by atoms with E-state index < -0.39 is 12.5 Å². The minimum atomic E-state index is -2.75. The zero-order chi connectivity index (χ0) is 22.9. The number of aromatic nitrogens is 2. The van der Waals surface area contributed by atoms with E-state index in [2.05, 4.69) is 9.88 Å². The summed E-state index contributed by atoms with van der Waals surface area (Å²) in [5.74, 6) is 0. The molecule has 1 aliphatic rings. The lowest BCUT2D eigenvalue weighted by atomic mass is 9.93. The second-order valence-corrected chi connectivity index (χ2v) is 8.61. The molecule has 1 saturated heterocycles. The molecule has 168 valence electrons. The predicted molar refractivity (Wildman–Crippen MR) is 114 cm³/mol. The third-order valence-electron chi connectivity index (χ3n) is 5.88. The summed E-state index contributed by atoms with van der Waals surface area (Å²) >= 11 is 0. The molecule has 7 nitrogen and oxygen atoms in total. The van der Waals surface area contributed by atoms with Crippen LogP contribution in [0, 0.1) is 6.92 Å². The fraction of sp³-hybridized carbons (Fsp3) is 0.500. The number of halogens is 2. The van der Waals surface area contributed by atoms with Crippen molar-refractivity contribution in [2.24, 2.45) is 7.05 Å². The molecule has 1 amide bonds. The highest BCUT2D eigenvalue weighted by atomic mass is 19.3. The molecule has 31 heavy (non-hydrogen) atoms. The molecule has 0 bridgehead atoms. The molecule has 2 aromatic heterocycles. The molecule has 0 atom stereocenters. The molecule has 1 aliphatic heterocycles. The van der Waals surface area contributed by atoms with Crippen LogP contribution in [0.5, 0.6) is 0 Å². The summed E-state index contributed by atoms with van der Waals surface area (Å²) in [4.78, 5) is 30.9. The average Bonchev–Trinajstić information content (AvgIpc) is 2.71. The standard InChI is InChI=1S/C22H28F2N4O3/c1-14-11-15(13-26(4)20(14)29)17-6-5-16(25-18(17)19(23)24)12-22(2,3)28-9-7-27(8-10-28)21(30)31/h5-6,11,13,19H,7-10,12H2,1-4H3,(H,30,31). The van der Waals surface area contributed by atoms with Crippen LogP contribution in [0.25, 0.3) is 11.1 Å². The first-order valence-electron chi connectivity index (χ1n) is 10.2. The number of hydrogen-bond acceptors (Lipinski definition) is 4. The molecule has 3 heterocycles. The van der Waals surface area contributed by atoms with Crippen molar-refractivity contribution in [3.05, 3.63) is 51.7 Å².